The lowest BCUT2D eigenvalue weighted by atomic mass is 10.4. The fourth-order valence-corrected chi connectivity index (χ4v) is 0. The van der Waals surface area contributed by atoms with Crippen molar-refractivity contribution in [3.05, 3.63) is 0 Å². The molecule has 0 unspecified atom stereocenters. The zero-order valence-corrected chi connectivity index (χ0v) is 4.75. The van der Waals surface area contributed by atoms with Crippen molar-refractivity contribution in [2.75, 3.05) is 0 Å². The summed E-state index contributed by atoms with van der Waals surface area (Å²) in [5, 5.41) is 7.89. The van der Waals surface area contributed by atoms with Gasteiger partial charge in [-0.15, -0.1) is 12.4 Å². The quantitative estimate of drug-likeness (QED) is 0.491. The molecule has 0 aromatic carbocycles. The molecule has 0 radical (unpaired) electrons. The van der Waals surface area contributed by atoms with Crippen LogP contribution in [0.4, 0.5) is 0 Å². The Bertz CT molecular complexity index is 24.8. The van der Waals surface area contributed by atoms with Crippen molar-refractivity contribution in [3.8, 4) is 0 Å². The van der Waals surface area contributed by atoms with Gasteiger partial charge in [0.1, 0.15) is 0 Å². The van der Waals surface area contributed by atoms with E-state index in [9.17, 15) is 0 Å². The lowest BCUT2D eigenvalue weighted by molar-refractivity contribution is 0.140. The molecule has 2 N–H and O–H groups in total. The lowest BCUT2D eigenvalue weighted by Crippen LogP contribution is -2.16. The first-order valence-corrected chi connectivity index (χ1v) is 1.67. The second kappa shape index (κ2) is 5.21. The van der Waals surface area contributed by atoms with E-state index in [0.717, 1.165) is 0 Å². The Morgan fingerprint density at radius 2 is 1.67 bits per heavy atom. The Labute approximate surface area is 43.9 Å². The van der Waals surface area contributed by atoms with Gasteiger partial charge in [-0.1, -0.05) is 0 Å². The van der Waals surface area contributed by atoms with Gasteiger partial charge in [-0.3, -0.25) is 0 Å². The zero-order valence-electron chi connectivity index (χ0n) is 3.93. The highest BCUT2D eigenvalue weighted by molar-refractivity contribution is 5.85. The third kappa shape index (κ3) is 8.88. The fourth-order valence-electron chi connectivity index (χ4n) is 0. The van der Waals surface area contributed by atoms with E-state index in [4.69, 9.17) is 5.21 Å². The maximum atomic E-state index is 7.89. The van der Waals surface area contributed by atoms with Crippen molar-refractivity contribution >= 4 is 12.4 Å². The van der Waals surface area contributed by atoms with E-state index >= 15 is 0 Å². The molecule has 0 saturated heterocycles. The predicted molar refractivity (Wildman–Crippen MR) is 27.3 cm³/mol. The Kier molecular flexibility index (Phi) is 8.26. The van der Waals surface area contributed by atoms with Gasteiger partial charge in [0.15, 0.2) is 0 Å². The average molecular weight is 112 g/mol. The minimum atomic E-state index is 0. The summed E-state index contributed by atoms with van der Waals surface area (Å²) in [6.45, 7) is 3.72. The molecule has 2 nitrogen and oxygen atoms in total. The summed E-state index contributed by atoms with van der Waals surface area (Å²) in [6.07, 6.45) is 0. The first-order chi connectivity index (χ1) is 2.27. The molecule has 0 aliphatic heterocycles. The standard InChI is InChI=1S/C3H9NO.ClH/c1-3(2)4-5;/h3-5H,1-2H3;1H. The van der Waals surface area contributed by atoms with Gasteiger partial charge < -0.3 is 5.21 Å². The molecule has 0 fully saturated rings. The third-order valence-corrected chi connectivity index (χ3v) is 0.258. The highest BCUT2D eigenvalue weighted by Crippen LogP contribution is 1.66. The SMILES string of the molecule is CC(C)NO.Cl. The highest BCUT2D eigenvalue weighted by atomic mass is 35.5. The van der Waals surface area contributed by atoms with Gasteiger partial charge in [0.2, 0.25) is 0 Å². The topological polar surface area (TPSA) is 32.3 Å². The van der Waals surface area contributed by atoms with Crippen molar-refractivity contribution < 1.29 is 5.21 Å². The molecular weight excluding hydrogens is 101 g/mol. The lowest BCUT2D eigenvalue weighted by Gasteiger charge is -1.93. The first-order valence-electron chi connectivity index (χ1n) is 1.67. The van der Waals surface area contributed by atoms with E-state index in [2.05, 4.69) is 0 Å². The van der Waals surface area contributed by atoms with Crippen LogP contribution in [0.1, 0.15) is 13.8 Å². The second-order valence-corrected chi connectivity index (χ2v) is 1.28. The minimum absolute atomic E-state index is 0. The van der Waals surface area contributed by atoms with E-state index in [1.807, 2.05) is 19.3 Å². The van der Waals surface area contributed by atoms with Gasteiger partial charge in [-0.25, -0.2) is 5.48 Å². The van der Waals surface area contributed by atoms with Gasteiger partial charge in [0.25, 0.3) is 0 Å². The van der Waals surface area contributed by atoms with E-state index in [0.29, 0.717) is 0 Å². The van der Waals surface area contributed by atoms with E-state index < -0.39 is 0 Å². The third-order valence-electron chi connectivity index (χ3n) is 0.258. The van der Waals surface area contributed by atoms with E-state index in [1.54, 1.807) is 0 Å². The second-order valence-electron chi connectivity index (χ2n) is 1.28. The van der Waals surface area contributed by atoms with Crippen molar-refractivity contribution in [2.24, 2.45) is 0 Å². The number of hydroxylamine groups is 1. The smallest absolute Gasteiger partial charge is 0.0263 e. The minimum Gasteiger partial charge on any atom is -0.317 e. The molecule has 0 saturated carbocycles. The van der Waals surface area contributed by atoms with Crippen LogP contribution in [0.15, 0.2) is 0 Å². The Balaban J connectivity index is 0. The predicted octanol–water partition coefficient (Wildman–Crippen LogP) is 0.795. The van der Waals surface area contributed by atoms with Gasteiger partial charge in [-0.05, 0) is 13.8 Å². The Morgan fingerprint density at radius 1 is 1.50 bits per heavy atom. The van der Waals surface area contributed by atoms with Crippen LogP contribution in [0.3, 0.4) is 0 Å². The molecule has 0 bridgehead atoms. The maximum absolute atomic E-state index is 7.89. The van der Waals surface area contributed by atoms with Gasteiger partial charge in [-0.2, -0.15) is 0 Å². The molecule has 0 rings (SSSR count). The molecule has 0 heterocycles. The number of rotatable bonds is 1. The zero-order chi connectivity index (χ0) is 4.28. The summed E-state index contributed by atoms with van der Waals surface area (Å²) in [6, 6.07) is 0.190. The van der Waals surface area contributed by atoms with Crippen LogP contribution in [0.2, 0.25) is 0 Å². The maximum Gasteiger partial charge on any atom is 0.0263 e. The first kappa shape index (κ1) is 9.51. The fraction of sp³-hybridized carbons (Fsp3) is 1.00. The normalized spacial score (nSPS) is 8.00. The van der Waals surface area contributed by atoms with Gasteiger partial charge in [0.05, 0.1) is 0 Å². The van der Waals surface area contributed by atoms with Crippen LogP contribution in [0, 0.1) is 0 Å². The largest absolute Gasteiger partial charge is 0.317 e. The van der Waals surface area contributed by atoms with Crippen LogP contribution >= 0.6 is 12.4 Å². The van der Waals surface area contributed by atoms with E-state index in [1.165, 1.54) is 0 Å². The molecular formula is C3H10ClNO. The number of nitrogens with one attached hydrogen (secondary N) is 1. The van der Waals surface area contributed by atoms with Crippen molar-refractivity contribution in [3.63, 3.8) is 0 Å². The van der Waals surface area contributed by atoms with Crippen molar-refractivity contribution in [1.29, 1.82) is 0 Å². The van der Waals surface area contributed by atoms with Crippen LogP contribution in [-0.4, -0.2) is 11.2 Å². The number of hydrogen-bond acceptors (Lipinski definition) is 2. The molecule has 0 aliphatic carbocycles. The van der Waals surface area contributed by atoms with Crippen LogP contribution in [0.25, 0.3) is 0 Å². The molecule has 40 valence electrons. The van der Waals surface area contributed by atoms with E-state index in [-0.39, 0.29) is 18.4 Å². The van der Waals surface area contributed by atoms with Crippen LogP contribution in [-0.2, 0) is 0 Å². The average Bonchev–Trinajstić information content (AvgIpc) is 1.38. The summed E-state index contributed by atoms with van der Waals surface area (Å²) in [7, 11) is 0. The summed E-state index contributed by atoms with van der Waals surface area (Å²) in [5.74, 6) is 0. The molecule has 0 amide bonds. The summed E-state index contributed by atoms with van der Waals surface area (Å²) >= 11 is 0. The molecule has 6 heavy (non-hydrogen) atoms. The Hall–Kier alpha value is 0.210. The number of hydrogen-bond donors (Lipinski definition) is 2. The van der Waals surface area contributed by atoms with Gasteiger partial charge >= 0.3 is 0 Å². The van der Waals surface area contributed by atoms with Crippen LogP contribution < -0.4 is 5.48 Å². The molecule has 0 aromatic rings. The Morgan fingerprint density at radius 3 is 1.67 bits per heavy atom. The summed E-state index contributed by atoms with van der Waals surface area (Å²) in [5.41, 5.74) is 2.03. The molecule has 0 aliphatic rings. The molecule has 3 heteroatoms. The highest BCUT2D eigenvalue weighted by Gasteiger charge is 1.78. The number of halogens is 1. The van der Waals surface area contributed by atoms with Crippen LogP contribution in [0.5, 0.6) is 0 Å². The van der Waals surface area contributed by atoms with Gasteiger partial charge in [0, 0.05) is 6.04 Å². The van der Waals surface area contributed by atoms with Crippen molar-refractivity contribution in [1.82, 2.24) is 5.48 Å². The molecule has 0 atom stereocenters. The monoisotopic (exact) mass is 111 g/mol. The summed E-state index contributed by atoms with van der Waals surface area (Å²) < 4.78 is 0. The molecule has 0 spiro atoms. The van der Waals surface area contributed by atoms with Crippen molar-refractivity contribution in [2.45, 2.75) is 19.9 Å². The molecule has 0 aromatic heterocycles. The summed E-state index contributed by atoms with van der Waals surface area (Å²) in [4.78, 5) is 0.